The molecule has 8 heteroatoms. The van der Waals surface area contributed by atoms with Gasteiger partial charge in [-0.05, 0) is 37.2 Å². The number of hydrogen-bond donors (Lipinski definition) is 3. The molecule has 3 N–H and O–H groups in total. The Kier molecular flexibility index (Phi) is 5.57. The third-order valence-corrected chi connectivity index (χ3v) is 5.60. The molecule has 0 spiro atoms. The average molecular weight is 386 g/mol. The molecule has 1 aliphatic rings. The van der Waals surface area contributed by atoms with E-state index in [9.17, 15) is 13.2 Å². The number of nitrogens with zero attached hydrogens (tertiary/aromatic N) is 1. The maximum atomic E-state index is 12.6. The van der Waals surface area contributed by atoms with Crippen LogP contribution in [-0.2, 0) is 21.4 Å². The minimum absolute atomic E-state index is 0.173. The second-order valence-corrected chi connectivity index (χ2v) is 7.83. The minimum atomic E-state index is -3.62. The molecule has 1 amide bonds. The number of carbonyl (C=O) groups is 1. The number of anilines is 1. The summed E-state index contributed by atoms with van der Waals surface area (Å²) < 4.78 is 26.7. The summed E-state index contributed by atoms with van der Waals surface area (Å²) in [5, 5.41) is 6.11. The number of carbonyl (C=O) groups excluding carboxylic acids is 1. The van der Waals surface area contributed by atoms with Crippen molar-refractivity contribution in [3.05, 3.63) is 59.7 Å². The van der Waals surface area contributed by atoms with E-state index >= 15 is 0 Å². The number of rotatable bonds is 6. The molecule has 1 aliphatic heterocycles. The van der Waals surface area contributed by atoms with Crippen LogP contribution in [0.15, 0.2) is 58.4 Å². The van der Waals surface area contributed by atoms with E-state index in [0.29, 0.717) is 17.8 Å². The van der Waals surface area contributed by atoms with E-state index in [1.165, 1.54) is 6.07 Å². The fourth-order valence-corrected chi connectivity index (χ4v) is 4.01. The Balaban J connectivity index is 1.79. The van der Waals surface area contributed by atoms with E-state index in [1.807, 2.05) is 31.2 Å². The van der Waals surface area contributed by atoms with Gasteiger partial charge in [0.25, 0.3) is 10.0 Å². The van der Waals surface area contributed by atoms with Crippen LogP contribution in [0.4, 0.5) is 5.69 Å². The van der Waals surface area contributed by atoms with Crippen LogP contribution in [-0.4, -0.2) is 32.7 Å². The summed E-state index contributed by atoms with van der Waals surface area (Å²) in [7, 11) is -3.62. The highest BCUT2D eigenvalue weighted by Gasteiger charge is 2.31. The van der Waals surface area contributed by atoms with Crippen molar-refractivity contribution in [2.24, 2.45) is 4.99 Å². The molecular weight excluding hydrogens is 364 g/mol. The number of benzene rings is 2. The lowest BCUT2D eigenvalue weighted by atomic mass is 10.1. The molecule has 3 rings (SSSR count). The molecule has 2 aromatic carbocycles. The first-order valence-electron chi connectivity index (χ1n) is 8.72. The molecule has 0 aliphatic carbocycles. The SMILES string of the molecule is CCNCc1ccccc1NC(=O)C(C)N=C1NS(=O)(=O)c2ccccc21. The van der Waals surface area contributed by atoms with Gasteiger partial charge in [0.1, 0.15) is 11.9 Å². The van der Waals surface area contributed by atoms with Gasteiger partial charge < -0.3 is 10.6 Å². The van der Waals surface area contributed by atoms with E-state index in [4.69, 9.17) is 0 Å². The number of hydrogen-bond acceptors (Lipinski definition) is 5. The summed E-state index contributed by atoms with van der Waals surface area (Å²) in [6, 6.07) is 13.3. The lowest BCUT2D eigenvalue weighted by Crippen LogP contribution is -2.29. The molecule has 1 atom stereocenters. The molecule has 0 aromatic heterocycles. The van der Waals surface area contributed by atoms with E-state index < -0.39 is 16.1 Å². The fourth-order valence-electron chi connectivity index (χ4n) is 2.78. The van der Waals surface area contributed by atoms with Gasteiger partial charge in [0, 0.05) is 17.8 Å². The Morgan fingerprint density at radius 2 is 1.85 bits per heavy atom. The minimum Gasteiger partial charge on any atom is -0.324 e. The normalized spacial score (nSPS) is 17.2. The van der Waals surface area contributed by atoms with Crippen molar-refractivity contribution in [2.45, 2.75) is 31.3 Å². The maximum Gasteiger partial charge on any atom is 0.263 e. The van der Waals surface area contributed by atoms with Crippen LogP contribution in [0.25, 0.3) is 0 Å². The molecule has 0 saturated heterocycles. The van der Waals surface area contributed by atoms with Gasteiger partial charge in [-0.1, -0.05) is 37.3 Å². The van der Waals surface area contributed by atoms with Crippen molar-refractivity contribution < 1.29 is 13.2 Å². The van der Waals surface area contributed by atoms with Gasteiger partial charge in [-0.3, -0.25) is 14.5 Å². The van der Waals surface area contributed by atoms with Crippen LogP contribution in [0.1, 0.15) is 25.0 Å². The number of nitrogens with one attached hydrogen (secondary N) is 3. The molecule has 1 heterocycles. The second-order valence-electron chi connectivity index (χ2n) is 6.18. The highest BCUT2D eigenvalue weighted by Crippen LogP contribution is 2.23. The first-order chi connectivity index (χ1) is 12.9. The van der Waals surface area contributed by atoms with Gasteiger partial charge >= 0.3 is 0 Å². The van der Waals surface area contributed by atoms with Crippen molar-refractivity contribution >= 4 is 27.5 Å². The summed E-state index contributed by atoms with van der Waals surface area (Å²) in [6.07, 6.45) is 0. The first kappa shape index (κ1) is 19.1. The zero-order chi connectivity index (χ0) is 19.4. The zero-order valence-electron chi connectivity index (χ0n) is 15.2. The topological polar surface area (TPSA) is 99.7 Å². The number of sulfonamides is 1. The summed E-state index contributed by atoms with van der Waals surface area (Å²) in [5.41, 5.74) is 2.16. The largest absolute Gasteiger partial charge is 0.324 e. The molecule has 142 valence electrons. The van der Waals surface area contributed by atoms with E-state index in [-0.39, 0.29) is 16.6 Å². The first-order valence-corrected chi connectivity index (χ1v) is 10.2. The second kappa shape index (κ2) is 7.89. The van der Waals surface area contributed by atoms with Gasteiger partial charge in [-0.15, -0.1) is 0 Å². The van der Waals surface area contributed by atoms with Crippen LogP contribution >= 0.6 is 0 Å². The van der Waals surface area contributed by atoms with Crippen LogP contribution in [0.3, 0.4) is 0 Å². The summed E-state index contributed by atoms with van der Waals surface area (Å²) in [6.45, 7) is 5.11. The van der Waals surface area contributed by atoms with E-state index in [0.717, 1.165) is 12.1 Å². The number of amides is 1. The number of amidine groups is 1. The van der Waals surface area contributed by atoms with Gasteiger partial charge in [0.2, 0.25) is 5.91 Å². The Morgan fingerprint density at radius 1 is 1.15 bits per heavy atom. The standard InChI is InChI=1S/C19H22N4O3S/c1-3-20-12-14-8-4-6-10-16(14)22-19(24)13(2)21-18-15-9-5-7-11-17(15)27(25,26)23-18/h4-11,13,20H,3,12H2,1-2H3,(H,21,23)(H,22,24). The van der Waals surface area contributed by atoms with Gasteiger partial charge in [-0.2, -0.15) is 0 Å². The van der Waals surface area contributed by atoms with Gasteiger partial charge in [0.15, 0.2) is 0 Å². The lowest BCUT2D eigenvalue weighted by Gasteiger charge is -2.13. The van der Waals surface area contributed by atoms with Crippen molar-refractivity contribution in [3.63, 3.8) is 0 Å². The van der Waals surface area contributed by atoms with E-state index in [2.05, 4.69) is 20.3 Å². The molecule has 1 unspecified atom stereocenters. The lowest BCUT2D eigenvalue weighted by molar-refractivity contribution is -0.117. The molecule has 0 radical (unpaired) electrons. The highest BCUT2D eigenvalue weighted by atomic mass is 32.2. The summed E-state index contributed by atoms with van der Waals surface area (Å²) in [5.74, 6) is -0.121. The highest BCUT2D eigenvalue weighted by molar-refractivity contribution is 7.90. The van der Waals surface area contributed by atoms with E-state index in [1.54, 1.807) is 25.1 Å². The van der Waals surface area contributed by atoms with Crippen molar-refractivity contribution in [3.8, 4) is 0 Å². The Labute approximate surface area is 159 Å². The molecule has 7 nitrogen and oxygen atoms in total. The third-order valence-electron chi connectivity index (χ3n) is 4.21. The van der Waals surface area contributed by atoms with Crippen LogP contribution in [0.2, 0.25) is 0 Å². The van der Waals surface area contributed by atoms with Crippen molar-refractivity contribution in [2.75, 3.05) is 11.9 Å². The Morgan fingerprint density at radius 3 is 2.63 bits per heavy atom. The molecule has 0 bridgehead atoms. The summed E-state index contributed by atoms with van der Waals surface area (Å²) in [4.78, 5) is 17.1. The maximum absolute atomic E-state index is 12.6. The predicted octanol–water partition coefficient (Wildman–Crippen LogP) is 1.86. The van der Waals surface area contributed by atoms with Gasteiger partial charge in [0.05, 0.1) is 4.90 Å². The van der Waals surface area contributed by atoms with Crippen LogP contribution < -0.4 is 15.4 Å². The monoisotopic (exact) mass is 386 g/mol. The van der Waals surface area contributed by atoms with Crippen molar-refractivity contribution in [1.82, 2.24) is 10.0 Å². The predicted molar refractivity (Wildman–Crippen MR) is 105 cm³/mol. The zero-order valence-corrected chi connectivity index (χ0v) is 16.0. The fraction of sp³-hybridized carbons (Fsp3) is 0.263. The smallest absolute Gasteiger partial charge is 0.263 e. The Hall–Kier alpha value is -2.71. The molecule has 0 saturated carbocycles. The molecule has 27 heavy (non-hydrogen) atoms. The van der Waals surface area contributed by atoms with Crippen molar-refractivity contribution in [1.29, 1.82) is 0 Å². The van der Waals surface area contributed by atoms with Gasteiger partial charge in [-0.25, -0.2) is 8.42 Å². The summed E-state index contributed by atoms with van der Waals surface area (Å²) >= 11 is 0. The Bertz CT molecular complexity index is 986. The molecule has 0 fully saturated rings. The average Bonchev–Trinajstić information content (AvgIpc) is 2.91. The molecule has 2 aromatic rings. The number of para-hydroxylation sites is 1. The van der Waals surface area contributed by atoms with Crippen LogP contribution in [0, 0.1) is 0 Å². The molecular formula is C19H22N4O3S. The number of aliphatic imine (C=N–C) groups is 1. The quantitative estimate of drug-likeness (QED) is 0.706. The number of fused-ring (bicyclic) bond motifs is 1. The third kappa shape index (κ3) is 4.17. The van der Waals surface area contributed by atoms with Crippen LogP contribution in [0.5, 0.6) is 0 Å².